The summed E-state index contributed by atoms with van der Waals surface area (Å²) < 4.78 is 16.5. The van der Waals surface area contributed by atoms with Crippen LogP contribution in [0.15, 0.2) is 224 Å². The van der Waals surface area contributed by atoms with E-state index in [2.05, 4.69) is 234 Å². The molecule has 2 aliphatic rings. The maximum absolute atomic E-state index is 7.17. The van der Waals surface area contributed by atoms with Crippen molar-refractivity contribution in [3.8, 4) is 50.9 Å². The van der Waals surface area contributed by atoms with Gasteiger partial charge in [-0.3, -0.25) is 0 Å². The van der Waals surface area contributed by atoms with E-state index < -0.39 is 0 Å². The third kappa shape index (κ3) is 5.56. The van der Waals surface area contributed by atoms with E-state index in [-0.39, 0.29) is 6.71 Å². The van der Waals surface area contributed by atoms with Crippen molar-refractivity contribution in [3.05, 3.63) is 224 Å². The molecule has 3 heterocycles. The molecule has 2 aliphatic heterocycles. The smallest absolute Gasteiger partial charge is 0.260 e. The second kappa shape index (κ2) is 14.2. The van der Waals surface area contributed by atoms with E-state index in [4.69, 9.17) is 9.47 Å². The summed E-state index contributed by atoms with van der Waals surface area (Å²) in [5, 5.41) is 4.50. The van der Waals surface area contributed by atoms with Crippen molar-refractivity contribution >= 4 is 72.7 Å². The van der Waals surface area contributed by atoms with Gasteiger partial charge < -0.3 is 18.9 Å². The third-order valence-electron chi connectivity index (χ3n) is 12.9. The molecule has 294 valence electrons. The number of benzene rings is 10. The summed E-state index contributed by atoms with van der Waals surface area (Å²) in [5.41, 5.74) is 14.3. The van der Waals surface area contributed by atoms with Gasteiger partial charge in [-0.1, -0.05) is 164 Å². The highest BCUT2D eigenvalue weighted by Gasteiger charge is 2.42. The Morgan fingerprint density at radius 1 is 0.397 bits per heavy atom. The monoisotopic (exact) mass is 804 g/mol. The van der Waals surface area contributed by atoms with Gasteiger partial charge in [0.1, 0.15) is 17.2 Å². The highest BCUT2D eigenvalue weighted by Crippen LogP contribution is 2.50. The number of ether oxygens (including phenoxy) is 2. The normalized spacial score (nSPS) is 12.3. The lowest BCUT2D eigenvalue weighted by Gasteiger charge is -2.33. The van der Waals surface area contributed by atoms with Crippen molar-refractivity contribution in [2.45, 2.75) is 0 Å². The van der Waals surface area contributed by atoms with Gasteiger partial charge in [0.15, 0.2) is 5.75 Å². The first kappa shape index (κ1) is 35.5. The van der Waals surface area contributed by atoms with Crippen LogP contribution in [0.1, 0.15) is 0 Å². The number of fused-ring (bicyclic) bond motifs is 10. The van der Waals surface area contributed by atoms with Crippen LogP contribution < -0.4 is 30.8 Å². The summed E-state index contributed by atoms with van der Waals surface area (Å²) >= 11 is 0. The Bertz CT molecular complexity index is 3490. The zero-order chi connectivity index (χ0) is 41.4. The second-order valence-corrected chi connectivity index (χ2v) is 16.4. The van der Waals surface area contributed by atoms with E-state index in [9.17, 15) is 0 Å². The van der Waals surface area contributed by atoms with E-state index in [1.54, 1.807) is 0 Å². The summed E-state index contributed by atoms with van der Waals surface area (Å²) in [7, 11) is 0. The van der Waals surface area contributed by atoms with Gasteiger partial charge >= 0.3 is 0 Å². The molecule has 0 fully saturated rings. The van der Waals surface area contributed by atoms with E-state index in [0.29, 0.717) is 0 Å². The van der Waals surface area contributed by atoms with Gasteiger partial charge in [0, 0.05) is 38.7 Å². The van der Waals surface area contributed by atoms with Crippen LogP contribution in [-0.2, 0) is 0 Å². The van der Waals surface area contributed by atoms with Crippen LogP contribution in [0.25, 0.3) is 60.5 Å². The Kier molecular flexibility index (Phi) is 7.97. The molecule has 0 spiro atoms. The Morgan fingerprint density at radius 3 is 1.56 bits per heavy atom. The zero-order valence-electron chi connectivity index (χ0n) is 34.2. The first-order chi connectivity index (χ1) is 31.3. The molecule has 5 heteroatoms. The number of aromatic nitrogens is 1. The molecular weight excluding hydrogens is 767 g/mol. The average molecular weight is 805 g/mol. The first-order valence-electron chi connectivity index (χ1n) is 21.5. The summed E-state index contributed by atoms with van der Waals surface area (Å²) in [6.07, 6.45) is 0. The molecule has 11 aromatic rings. The molecule has 1 aromatic heterocycles. The topological polar surface area (TPSA) is 26.6 Å². The number of rotatable bonds is 6. The van der Waals surface area contributed by atoms with Gasteiger partial charge in [-0.15, -0.1) is 0 Å². The van der Waals surface area contributed by atoms with Gasteiger partial charge in [0.25, 0.3) is 6.71 Å². The van der Waals surface area contributed by atoms with E-state index in [1.165, 1.54) is 11.1 Å². The van der Waals surface area contributed by atoms with Gasteiger partial charge in [-0.05, 0) is 99.2 Å². The minimum absolute atomic E-state index is 0.0480. The fourth-order valence-electron chi connectivity index (χ4n) is 10.1. The Labute approximate surface area is 365 Å². The zero-order valence-corrected chi connectivity index (χ0v) is 34.2. The number of para-hydroxylation sites is 3. The molecule has 63 heavy (non-hydrogen) atoms. The Morgan fingerprint density at radius 2 is 0.921 bits per heavy atom. The largest absolute Gasteiger partial charge is 0.458 e. The molecule has 0 saturated heterocycles. The maximum atomic E-state index is 7.17. The summed E-state index contributed by atoms with van der Waals surface area (Å²) in [5.74, 6) is 3.40. The van der Waals surface area contributed by atoms with Crippen LogP contribution in [0.2, 0.25) is 0 Å². The lowest BCUT2D eigenvalue weighted by atomic mass is 9.35. The number of anilines is 3. The van der Waals surface area contributed by atoms with Crippen molar-refractivity contribution < 1.29 is 9.47 Å². The van der Waals surface area contributed by atoms with Gasteiger partial charge in [0.2, 0.25) is 0 Å². The van der Waals surface area contributed by atoms with E-state index >= 15 is 0 Å². The molecule has 0 bridgehead atoms. The van der Waals surface area contributed by atoms with Gasteiger partial charge in [-0.25, -0.2) is 0 Å². The molecular formula is C58H37BN2O2. The molecule has 0 N–H and O–H groups in total. The summed E-state index contributed by atoms with van der Waals surface area (Å²) in [4.78, 5) is 2.44. The van der Waals surface area contributed by atoms with Crippen molar-refractivity contribution in [1.82, 2.24) is 4.57 Å². The Hall–Kier alpha value is -8.28. The lowest BCUT2D eigenvalue weighted by molar-refractivity contribution is 0.467. The highest BCUT2D eigenvalue weighted by atomic mass is 16.5. The van der Waals surface area contributed by atoms with Crippen molar-refractivity contribution in [2.24, 2.45) is 0 Å². The molecule has 4 nitrogen and oxygen atoms in total. The average Bonchev–Trinajstić information content (AvgIpc) is 3.69. The maximum Gasteiger partial charge on any atom is 0.260 e. The van der Waals surface area contributed by atoms with Gasteiger partial charge in [-0.2, -0.15) is 0 Å². The fourth-order valence-corrected chi connectivity index (χ4v) is 10.1. The standard InChI is InChI=1S/C58H37BN2O2/c1-4-18-38(19-5-1)40-22-16-26-43(34-40)60(44-27-17-23-41(35-44)39-20-6-2-7-21-39)50-37-51-55(46-29-11-10-28-45(46)50)47-36-54-56-58(57(47)61(51)42-24-8-3-9-25-42)63-53-33-15-13-31-49(53)59(56)48-30-12-14-32-52(48)62-54/h1-37H. The molecule has 10 aromatic carbocycles. The SMILES string of the molecule is c1ccc(-c2cccc(N(c3cccc(-c4ccccc4)c3)c3cc4c(c5ccccc35)c3cc5c6c(c3n4-c3ccccc3)Oc3ccccc3B6c3ccccc3O5)c2)cc1. The molecule has 0 saturated carbocycles. The fraction of sp³-hybridized carbons (Fsp3) is 0. The molecule has 0 unspecified atom stereocenters. The molecule has 0 radical (unpaired) electrons. The minimum atomic E-state index is -0.0480. The van der Waals surface area contributed by atoms with E-state index in [0.717, 1.165) is 106 Å². The van der Waals surface area contributed by atoms with Crippen LogP contribution in [0.4, 0.5) is 17.1 Å². The van der Waals surface area contributed by atoms with Crippen LogP contribution in [0, 0.1) is 0 Å². The van der Waals surface area contributed by atoms with Crippen LogP contribution in [0.5, 0.6) is 23.0 Å². The predicted octanol–water partition coefficient (Wildman–Crippen LogP) is 13.5. The highest BCUT2D eigenvalue weighted by molar-refractivity contribution is 6.98. The minimum Gasteiger partial charge on any atom is -0.458 e. The molecule has 0 atom stereocenters. The Balaban J connectivity index is 1.15. The van der Waals surface area contributed by atoms with Crippen LogP contribution in [0.3, 0.4) is 0 Å². The van der Waals surface area contributed by atoms with Crippen molar-refractivity contribution in [2.75, 3.05) is 4.90 Å². The number of hydrogen-bond donors (Lipinski definition) is 0. The first-order valence-corrected chi connectivity index (χ1v) is 21.5. The summed E-state index contributed by atoms with van der Waals surface area (Å²) in [6, 6.07) is 80.2. The molecule has 13 rings (SSSR count). The summed E-state index contributed by atoms with van der Waals surface area (Å²) in [6.45, 7) is -0.0480. The van der Waals surface area contributed by atoms with Crippen molar-refractivity contribution in [3.63, 3.8) is 0 Å². The number of hydrogen-bond acceptors (Lipinski definition) is 3. The third-order valence-corrected chi connectivity index (χ3v) is 12.9. The second-order valence-electron chi connectivity index (χ2n) is 16.4. The predicted molar refractivity (Wildman–Crippen MR) is 262 cm³/mol. The van der Waals surface area contributed by atoms with Gasteiger partial charge in [0.05, 0.1) is 16.7 Å². The van der Waals surface area contributed by atoms with Crippen molar-refractivity contribution in [1.29, 1.82) is 0 Å². The quantitative estimate of drug-likeness (QED) is 0.157. The van der Waals surface area contributed by atoms with E-state index in [1.807, 2.05) is 0 Å². The number of nitrogens with zero attached hydrogens (tertiary/aromatic N) is 2. The lowest BCUT2D eigenvalue weighted by Crippen LogP contribution is -2.57. The van der Waals surface area contributed by atoms with Crippen LogP contribution in [-0.4, -0.2) is 11.3 Å². The molecule has 0 amide bonds. The molecule has 0 aliphatic carbocycles. The van der Waals surface area contributed by atoms with Crippen LogP contribution >= 0.6 is 0 Å².